The molecule has 0 unspecified atom stereocenters. The highest BCUT2D eigenvalue weighted by atomic mass is 16.2. The number of para-hydroxylation sites is 2. The number of H-pyrrole nitrogens is 1. The van der Waals surface area contributed by atoms with Crippen LogP contribution in [0, 0.1) is 5.92 Å². The minimum absolute atomic E-state index is 0.100. The number of hydrogen-bond acceptors (Lipinski definition) is 3. The molecule has 1 aromatic carbocycles. The van der Waals surface area contributed by atoms with Gasteiger partial charge in [-0.15, -0.1) is 0 Å². The zero-order chi connectivity index (χ0) is 16.4. The van der Waals surface area contributed by atoms with Gasteiger partial charge in [0.15, 0.2) is 0 Å². The number of carbonyl (C=O) groups is 1. The molecule has 0 saturated heterocycles. The Bertz CT molecular complexity index is 710. The summed E-state index contributed by atoms with van der Waals surface area (Å²) in [6.45, 7) is 1.58. The van der Waals surface area contributed by atoms with Gasteiger partial charge in [0.25, 0.3) is 0 Å². The number of imidazole rings is 1. The fourth-order valence-electron chi connectivity index (χ4n) is 3.81. The van der Waals surface area contributed by atoms with Crippen molar-refractivity contribution in [2.45, 2.75) is 37.6 Å². The first-order valence-electron chi connectivity index (χ1n) is 8.92. The van der Waals surface area contributed by atoms with E-state index in [2.05, 4.69) is 27.8 Å². The van der Waals surface area contributed by atoms with E-state index in [1.807, 2.05) is 24.3 Å². The van der Waals surface area contributed by atoms with Gasteiger partial charge in [-0.3, -0.25) is 10.1 Å². The van der Waals surface area contributed by atoms with E-state index in [0.717, 1.165) is 55.6 Å². The molecule has 5 heteroatoms. The first kappa shape index (κ1) is 15.4. The molecule has 0 bridgehead atoms. The Morgan fingerprint density at radius 2 is 2.04 bits per heavy atom. The standard InChI is InChI=1S/C19H24N4O/c24-19(17-6-3-11-20-17)21-12-13-7-9-14(10-8-13)18-22-15-4-1-2-5-16(15)23-18/h1-6,13-14,17,20H,7-12H2,(H,21,24)(H,22,23)/t13?,14?,17-/m1/s1. The number of hydrogen-bond donors (Lipinski definition) is 3. The predicted octanol–water partition coefficient (Wildman–Crippen LogP) is 2.48. The van der Waals surface area contributed by atoms with Crippen molar-refractivity contribution in [3.8, 4) is 0 Å². The molecule has 2 aliphatic rings. The lowest BCUT2D eigenvalue weighted by Crippen LogP contribution is -2.42. The molecule has 1 atom stereocenters. The Morgan fingerprint density at radius 1 is 1.21 bits per heavy atom. The van der Waals surface area contributed by atoms with Crippen LogP contribution in [-0.4, -0.2) is 35.0 Å². The quantitative estimate of drug-likeness (QED) is 0.757. The second kappa shape index (κ2) is 6.77. The summed E-state index contributed by atoms with van der Waals surface area (Å²) in [5, 5.41) is 6.24. The minimum Gasteiger partial charge on any atom is -0.354 e. The van der Waals surface area contributed by atoms with Crippen molar-refractivity contribution in [2.24, 2.45) is 5.92 Å². The van der Waals surface area contributed by atoms with E-state index in [1.165, 1.54) is 0 Å². The van der Waals surface area contributed by atoms with Crippen molar-refractivity contribution in [3.63, 3.8) is 0 Å². The summed E-state index contributed by atoms with van der Waals surface area (Å²) >= 11 is 0. The van der Waals surface area contributed by atoms with Gasteiger partial charge in [0, 0.05) is 19.0 Å². The second-order valence-corrected chi connectivity index (χ2v) is 6.92. The fourth-order valence-corrected chi connectivity index (χ4v) is 3.81. The normalized spacial score (nSPS) is 26.8. The Morgan fingerprint density at radius 3 is 2.79 bits per heavy atom. The van der Waals surface area contributed by atoms with Crippen LogP contribution >= 0.6 is 0 Å². The van der Waals surface area contributed by atoms with E-state index in [0.29, 0.717) is 11.8 Å². The maximum atomic E-state index is 12.0. The molecule has 1 aromatic heterocycles. The van der Waals surface area contributed by atoms with Gasteiger partial charge in [0.1, 0.15) is 11.9 Å². The molecule has 1 aliphatic heterocycles. The fraction of sp³-hybridized carbons (Fsp3) is 0.474. The molecule has 3 N–H and O–H groups in total. The van der Waals surface area contributed by atoms with Gasteiger partial charge >= 0.3 is 0 Å². The largest absolute Gasteiger partial charge is 0.354 e. The SMILES string of the molecule is O=C(NCC1CCC(c2nc3ccccc3[nH]2)CC1)[C@H]1C=CCN1. The summed E-state index contributed by atoms with van der Waals surface area (Å²) < 4.78 is 0. The third kappa shape index (κ3) is 3.22. The number of benzene rings is 1. The molecular formula is C19H24N4O. The monoisotopic (exact) mass is 324 g/mol. The Labute approximate surface area is 141 Å². The van der Waals surface area contributed by atoms with Gasteiger partial charge in [0.2, 0.25) is 5.91 Å². The van der Waals surface area contributed by atoms with E-state index < -0.39 is 0 Å². The van der Waals surface area contributed by atoms with Crippen molar-refractivity contribution in [1.29, 1.82) is 0 Å². The third-order valence-electron chi connectivity index (χ3n) is 5.27. The van der Waals surface area contributed by atoms with Gasteiger partial charge in [0.05, 0.1) is 11.0 Å². The summed E-state index contributed by atoms with van der Waals surface area (Å²) in [6.07, 6.45) is 8.52. The summed E-state index contributed by atoms with van der Waals surface area (Å²) in [6, 6.07) is 8.07. The lowest BCUT2D eigenvalue weighted by Gasteiger charge is -2.27. The highest BCUT2D eigenvalue weighted by Gasteiger charge is 2.25. The van der Waals surface area contributed by atoms with Crippen LogP contribution in [0.3, 0.4) is 0 Å². The molecule has 1 fully saturated rings. The topological polar surface area (TPSA) is 69.8 Å². The van der Waals surface area contributed by atoms with Gasteiger partial charge in [-0.2, -0.15) is 0 Å². The zero-order valence-corrected chi connectivity index (χ0v) is 13.8. The van der Waals surface area contributed by atoms with Gasteiger partial charge < -0.3 is 10.3 Å². The van der Waals surface area contributed by atoms with Gasteiger partial charge in [-0.05, 0) is 43.7 Å². The maximum Gasteiger partial charge on any atom is 0.241 e. The van der Waals surface area contributed by atoms with E-state index in [1.54, 1.807) is 0 Å². The maximum absolute atomic E-state index is 12.0. The van der Waals surface area contributed by atoms with Crippen LogP contribution in [-0.2, 0) is 4.79 Å². The van der Waals surface area contributed by atoms with Crippen molar-refractivity contribution >= 4 is 16.9 Å². The summed E-state index contributed by atoms with van der Waals surface area (Å²) in [4.78, 5) is 20.3. The molecule has 2 heterocycles. The Balaban J connectivity index is 1.28. The Kier molecular flexibility index (Phi) is 4.34. The summed E-state index contributed by atoms with van der Waals surface area (Å²) in [5.41, 5.74) is 2.18. The van der Waals surface area contributed by atoms with Crippen molar-refractivity contribution in [3.05, 3.63) is 42.2 Å². The number of aromatic nitrogens is 2. The predicted molar refractivity (Wildman–Crippen MR) is 94.7 cm³/mol. The van der Waals surface area contributed by atoms with E-state index in [4.69, 9.17) is 4.98 Å². The number of aromatic amines is 1. The molecule has 1 amide bonds. The van der Waals surface area contributed by atoms with E-state index >= 15 is 0 Å². The van der Waals surface area contributed by atoms with Crippen LogP contribution in [0.5, 0.6) is 0 Å². The minimum atomic E-state index is -0.142. The average Bonchev–Trinajstić information content (AvgIpc) is 3.29. The molecule has 0 radical (unpaired) electrons. The number of fused-ring (bicyclic) bond motifs is 1. The van der Waals surface area contributed by atoms with E-state index in [-0.39, 0.29) is 11.9 Å². The number of carbonyl (C=O) groups excluding carboxylic acids is 1. The van der Waals surface area contributed by atoms with Crippen molar-refractivity contribution < 1.29 is 4.79 Å². The van der Waals surface area contributed by atoms with Crippen molar-refractivity contribution in [1.82, 2.24) is 20.6 Å². The Hall–Kier alpha value is -2.14. The van der Waals surface area contributed by atoms with Crippen LogP contribution < -0.4 is 10.6 Å². The molecule has 1 aliphatic carbocycles. The first-order chi connectivity index (χ1) is 11.8. The molecule has 4 rings (SSSR count). The smallest absolute Gasteiger partial charge is 0.241 e. The molecule has 24 heavy (non-hydrogen) atoms. The molecule has 126 valence electrons. The zero-order valence-electron chi connectivity index (χ0n) is 13.8. The molecule has 0 spiro atoms. The van der Waals surface area contributed by atoms with Crippen LogP contribution in [0.4, 0.5) is 0 Å². The molecular weight excluding hydrogens is 300 g/mol. The van der Waals surface area contributed by atoms with Gasteiger partial charge in [-0.25, -0.2) is 4.98 Å². The third-order valence-corrected chi connectivity index (χ3v) is 5.27. The first-order valence-corrected chi connectivity index (χ1v) is 8.92. The number of amides is 1. The highest BCUT2D eigenvalue weighted by molar-refractivity contribution is 5.84. The lowest BCUT2D eigenvalue weighted by molar-refractivity contribution is -0.122. The number of nitrogens with zero attached hydrogens (tertiary/aromatic N) is 1. The molecule has 1 saturated carbocycles. The molecule has 5 nitrogen and oxygen atoms in total. The molecule has 2 aromatic rings. The van der Waals surface area contributed by atoms with Crippen LogP contribution in [0.25, 0.3) is 11.0 Å². The van der Waals surface area contributed by atoms with E-state index in [9.17, 15) is 4.79 Å². The van der Waals surface area contributed by atoms with Gasteiger partial charge in [-0.1, -0.05) is 24.3 Å². The summed E-state index contributed by atoms with van der Waals surface area (Å²) in [5.74, 6) is 2.32. The number of rotatable bonds is 4. The average molecular weight is 324 g/mol. The highest BCUT2D eigenvalue weighted by Crippen LogP contribution is 2.34. The lowest BCUT2D eigenvalue weighted by atomic mass is 9.81. The van der Waals surface area contributed by atoms with Crippen LogP contribution in [0.15, 0.2) is 36.4 Å². The second-order valence-electron chi connectivity index (χ2n) is 6.92. The summed E-state index contributed by atoms with van der Waals surface area (Å²) in [7, 11) is 0. The van der Waals surface area contributed by atoms with Crippen molar-refractivity contribution in [2.75, 3.05) is 13.1 Å². The number of nitrogens with one attached hydrogen (secondary N) is 3. The van der Waals surface area contributed by atoms with Crippen LogP contribution in [0.2, 0.25) is 0 Å². The van der Waals surface area contributed by atoms with Crippen LogP contribution in [0.1, 0.15) is 37.4 Å².